The molecule has 0 aliphatic carbocycles. The first-order chi connectivity index (χ1) is 16.6. The van der Waals surface area contributed by atoms with Crippen LogP contribution in [0.2, 0.25) is 5.15 Å². The molecular formula is C23H21ClFN5O4S. The van der Waals surface area contributed by atoms with Crippen LogP contribution in [0.4, 0.5) is 20.7 Å². The van der Waals surface area contributed by atoms with Crippen LogP contribution in [0.25, 0.3) is 11.1 Å². The van der Waals surface area contributed by atoms with E-state index in [1.807, 2.05) is 0 Å². The van der Waals surface area contributed by atoms with E-state index in [1.165, 1.54) is 35.2 Å². The molecule has 1 fully saturated rings. The number of hydrogen-bond donors (Lipinski definition) is 2. The number of piperidine rings is 1. The van der Waals surface area contributed by atoms with Gasteiger partial charge in [-0.3, -0.25) is 10.1 Å². The molecule has 0 spiro atoms. The molecule has 1 aromatic heterocycles. The summed E-state index contributed by atoms with van der Waals surface area (Å²) in [5.41, 5.74) is 0.785. The maximum atomic E-state index is 15.2. The molecule has 4 rings (SSSR count). The topological polar surface area (TPSA) is 121 Å². The average Bonchev–Trinajstić information content (AvgIpc) is 2.82. The fourth-order valence-corrected chi connectivity index (χ4v) is 4.88. The van der Waals surface area contributed by atoms with Gasteiger partial charge in [-0.25, -0.2) is 17.6 Å². The maximum absolute atomic E-state index is 15.2. The van der Waals surface area contributed by atoms with Crippen LogP contribution in [0.5, 0.6) is 0 Å². The van der Waals surface area contributed by atoms with E-state index in [9.17, 15) is 18.0 Å². The molecule has 1 saturated heterocycles. The number of anilines is 2. The molecule has 2 heterocycles. The van der Waals surface area contributed by atoms with Crippen LogP contribution >= 0.6 is 11.6 Å². The monoisotopic (exact) mass is 517 g/mol. The number of nitrogens with one attached hydrogen (secondary N) is 2. The molecule has 1 aliphatic rings. The minimum atomic E-state index is -3.53. The Kier molecular flexibility index (Phi) is 6.99. The molecule has 2 aromatic carbocycles. The van der Waals surface area contributed by atoms with Gasteiger partial charge in [0.2, 0.25) is 5.91 Å². The number of sulfone groups is 1. The minimum absolute atomic E-state index is 0.0473. The quantitative estimate of drug-likeness (QED) is 0.532. The highest BCUT2D eigenvalue weighted by molar-refractivity contribution is 7.90. The number of amides is 3. The van der Waals surface area contributed by atoms with Gasteiger partial charge in [0.15, 0.2) is 20.8 Å². The Bertz CT molecular complexity index is 1380. The van der Waals surface area contributed by atoms with Gasteiger partial charge in [0.1, 0.15) is 11.9 Å². The Morgan fingerprint density at radius 1 is 1.14 bits per heavy atom. The standard InChI is InChI=1S/C23H21ClFN5O4S/c1-35(33,34)19-7-3-2-5-15(19)14-8-9-18(16(25)13-14)30-12-4-6-17(22(30)31)26-23(32)27-21-11-10-20(24)28-29-21/h2-3,5,7-11,13,17H,4,6,12H2,1H3,(H2,26,27,29,32). The predicted octanol–water partition coefficient (Wildman–Crippen LogP) is 3.66. The van der Waals surface area contributed by atoms with Crippen molar-refractivity contribution < 1.29 is 22.4 Å². The molecule has 3 amide bonds. The average molecular weight is 518 g/mol. The molecular weight excluding hydrogens is 497 g/mol. The Balaban J connectivity index is 1.52. The number of halogens is 2. The van der Waals surface area contributed by atoms with Crippen molar-refractivity contribution in [2.75, 3.05) is 23.0 Å². The van der Waals surface area contributed by atoms with Crippen molar-refractivity contribution in [1.29, 1.82) is 0 Å². The van der Waals surface area contributed by atoms with Crippen LogP contribution in [0, 0.1) is 5.82 Å². The summed E-state index contributed by atoms with van der Waals surface area (Å²) in [5.74, 6) is -0.986. The van der Waals surface area contributed by atoms with E-state index >= 15 is 4.39 Å². The van der Waals surface area contributed by atoms with Crippen molar-refractivity contribution in [2.45, 2.75) is 23.8 Å². The number of hydrogen-bond acceptors (Lipinski definition) is 6. The van der Waals surface area contributed by atoms with Crippen LogP contribution in [-0.4, -0.2) is 49.4 Å². The van der Waals surface area contributed by atoms with Crippen LogP contribution in [0.3, 0.4) is 0 Å². The van der Waals surface area contributed by atoms with Gasteiger partial charge < -0.3 is 10.2 Å². The summed E-state index contributed by atoms with van der Waals surface area (Å²) in [6.07, 6.45) is 2.01. The largest absolute Gasteiger partial charge is 0.326 e. The Morgan fingerprint density at radius 3 is 2.60 bits per heavy atom. The second-order valence-corrected chi connectivity index (χ2v) is 10.3. The van der Waals surface area contributed by atoms with Gasteiger partial charge in [-0.15, -0.1) is 10.2 Å². The minimum Gasteiger partial charge on any atom is -0.326 e. The van der Waals surface area contributed by atoms with Crippen molar-refractivity contribution in [2.24, 2.45) is 0 Å². The van der Waals surface area contributed by atoms with Gasteiger partial charge in [0.25, 0.3) is 0 Å². The highest BCUT2D eigenvalue weighted by Gasteiger charge is 2.32. The van der Waals surface area contributed by atoms with E-state index in [0.29, 0.717) is 24.0 Å². The van der Waals surface area contributed by atoms with E-state index in [-0.39, 0.29) is 28.1 Å². The van der Waals surface area contributed by atoms with Gasteiger partial charge in [0.05, 0.1) is 10.6 Å². The molecule has 0 saturated carbocycles. The highest BCUT2D eigenvalue weighted by Crippen LogP contribution is 2.32. The van der Waals surface area contributed by atoms with Gasteiger partial charge >= 0.3 is 6.03 Å². The molecule has 1 atom stereocenters. The SMILES string of the molecule is CS(=O)(=O)c1ccccc1-c1ccc(N2CCCC(NC(=O)Nc3ccc(Cl)nn3)C2=O)c(F)c1. The predicted molar refractivity (Wildman–Crippen MR) is 130 cm³/mol. The maximum Gasteiger partial charge on any atom is 0.321 e. The zero-order chi connectivity index (χ0) is 25.2. The number of carbonyl (C=O) groups excluding carboxylic acids is 2. The molecule has 35 heavy (non-hydrogen) atoms. The first kappa shape index (κ1) is 24.6. The van der Waals surface area contributed by atoms with E-state index in [1.54, 1.807) is 24.3 Å². The first-order valence-electron chi connectivity index (χ1n) is 10.6. The second-order valence-electron chi connectivity index (χ2n) is 7.96. The normalized spacial score (nSPS) is 16.1. The molecule has 182 valence electrons. The summed E-state index contributed by atoms with van der Waals surface area (Å²) >= 11 is 5.67. The molecule has 9 nitrogen and oxygen atoms in total. The number of carbonyl (C=O) groups is 2. The van der Waals surface area contributed by atoms with E-state index in [4.69, 9.17) is 11.6 Å². The van der Waals surface area contributed by atoms with E-state index in [0.717, 1.165) is 6.26 Å². The fraction of sp³-hybridized carbons (Fsp3) is 0.217. The summed E-state index contributed by atoms with van der Waals surface area (Å²) in [6, 6.07) is 11.9. The number of rotatable bonds is 5. The molecule has 0 bridgehead atoms. The second kappa shape index (κ2) is 9.96. The van der Waals surface area contributed by atoms with Crippen molar-refractivity contribution in [1.82, 2.24) is 15.5 Å². The third-order valence-corrected chi connectivity index (χ3v) is 6.81. The summed E-state index contributed by atoms with van der Waals surface area (Å²) in [4.78, 5) is 26.7. The smallest absolute Gasteiger partial charge is 0.321 e. The van der Waals surface area contributed by atoms with Crippen LogP contribution in [0.15, 0.2) is 59.5 Å². The summed E-state index contributed by atoms with van der Waals surface area (Å²) in [6.45, 7) is 0.275. The van der Waals surface area contributed by atoms with Gasteiger partial charge in [-0.1, -0.05) is 35.9 Å². The molecule has 0 radical (unpaired) electrons. The Labute approximate surface area is 206 Å². The third-order valence-electron chi connectivity index (χ3n) is 5.45. The van der Waals surface area contributed by atoms with Crippen molar-refractivity contribution >= 4 is 44.9 Å². The number of urea groups is 1. The third kappa shape index (κ3) is 5.57. The summed E-state index contributed by atoms with van der Waals surface area (Å²) < 4.78 is 39.4. The summed E-state index contributed by atoms with van der Waals surface area (Å²) in [7, 11) is -3.53. The number of aromatic nitrogens is 2. The lowest BCUT2D eigenvalue weighted by Gasteiger charge is -2.33. The zero-order valence-electron chi connectivity index (χ0n) is 18.5. The van der Waals surface area contributed by atoms with E-state index < -0.39 is 33.6 Å². The van der Waals surface area contributed by atoms with Gasteiger partial charge in [-0.2, -0.15) is 0 Å². The lowest BCUT2D eigenvalue weighted by Crippen LogP contribution is -2.53. The first-order valence-corrected chi connectivity index (χ1v) is 12.9. The molecule has 12 heteroatoms. The molecule has 2 N–H and O–H groups in total. The lowest BCUT2D eigenvalue weighted by atomic mass is 10.0. The lowest BCUT2D eigenvalue weighted by molar-refractivity contribution is -0.121. The van der Waals surface area contributed by atoms with Crippen molar-refractivity contribution in [3.05, 3.63) is 65.6 Å². The molecule has 1 unspecified atom stereocenters. The zero-order valence-corrected chi connectivity index (χ0v) is 20.1. The van der Waals surface area contributed by atoms with Crippen LogP contribution < -0.4 is 15.5 Å². The Hall–Kier alpha value is -3.57. The fourth-order valence-electron chi connectivity index (χ4n) is 3.86. The van der Waals surface area contributed by atoms with E-state index in [2.05, 4.69) is 20.8 Å². The Morgan fingerprint density at radius 2 is 1.91 bits per heavy atom. The number of benzene rings is 2. The van der Waals surface area contributed by atoms with Crippen molar-refractivity contribution in [3.63, 3.8) is 0 Å². The highest BCUT2D eigenvalue weighted by atomic mass is 35.5. The molecule has 3 aromatic rings. The number of nitrogens with zero attached hydrogens (tertiary/aromatic N) is 3. The van der Waals surface area contributed by atoms with Gasteiger partial charge in [-0.05, 0) is 48.7 Å². The van der Waals surface area contributed by atoms with Crippen LogP contribution in [0.1, 0.15) is 12.8 Å². The summed E-state index contributed by atoms with van der Waals surface area (Å²) in [5, 5.41) is 12.6. The van der Waals surface area contributed by atoms with Crippen molar-refractivity contribution in [3.8, 4) is 11.1 Å². The van der Waals surface area contributed by atoms with Crippen LogP contribution in [-0.2, 0) is 14.6 Å². The van der Waals surface area contributed by atoms with Gasteiger partial charge in [0, 0.05) is 18.4 Å². The molecule has 1 aliphatic heterocycles.